The maximum Gasteiger partial charge on any atom is 0.319 e. The fraction of sp³-hybridized carbons (Fsp3) is 0.438. The van der Waals surface area contributed by atoms with E-state index in [9.17, 15) is 5.26 Å². The molecule has 0 saturated heterocycles. The van der Waals surface area contributed by atoms with Gasteiger partial charge in [-0.2, -0.15) is 15.3 Å². The minimum absolute atomic E-state index is 0.0136. The lowest BCUT2D eigenvalue weighted by atomic mass is 9.88. The molecule has 1 aliphatic carbocycles. The highest BCUT2D eigenvalue weighted by Crippen LogP contribution is 2.47. The number of terminal acetylenes is 1. The molecule has 1 aromatic rings. The summed E-state index contributed by atoms with van der Waals surface area (Å²) in [5.74, 6) is 3.61. The summed E-state index contributed by atoms with van der Waals surface area (Å²) in [5, 5.41) is 17.5. The SMILES string of the molecule is C#C[C@H]1C[C@@H]1C1CC(c2cnc(OC)nc2OC)=NN=C1C#N. The van der Waals surface area contributed by atoms with E-state index in [-0.39, 0.29) is 23.8 Å². The molecule has 0 bridgehead atoms. The van der Waals surface area contributed by atoms with Crippen molar-refractivity contribution in [2.24, 2.45) is 28.0 Å². The van der Waals surface area contributed by atoms with Gasteiger partial charge in [0.25, 0.3) is 0 Å². The highest BCUT2D eigenvalue weighted by atomic mass is 16.5. The predicted molar refractivity (Wildman–Crippen MR) is 83.3 cm³/mol. The summed E-state index contributed by atoms with van der Waals surface area (Å²) in [4.78, 5) is 8.26. The Labute approximate surface area is 134 Å². The standard InChI is InChI=1S/C16H15N5O2/c1-4-9-5-10(9)11-6-13(20-21-14(11)7-17)12-8-18-16(23-3)19-15(12)22-2/h1,8-11H,5-6H2,2-3H3/t9-,10-,11?/m0/s1. The third-order valence-electron chi connectivity index (χ3n) is 4.15. The first-order valence-electron chi connectivity index (χ1n) is 7.17. The molecular weight excluding hydrogens is 294 g/mol. The van der Waals surface area contributed by atoms with Gasteiger partial charge in [0.2, 0.25) is 5.88 Å². The van der Waals surface area contributed by atoms with Crippen molar-refractivity contribution < 1.29 is 9.47 Å². The molecule has 1 saturated carbocycles. The van der Waals surface area contributed by atoms with Gasteiger partial charge in [-0.1, -0.05) is 0 Å². The van der Waals surface area contributed by atoms with Crippen molar-refractivity contribution >= 4 is 11.4 Å². The molecule has 3 atom stereocenters. The van der Waals surface area contributed by atoms with Gasteiger partial charge in [0.15, 0.2) is 0 Å². The number of nitrogens with zero attached hydrogens (tertiary/aromatic N) is 5. The van der Waals surface area contributed by atoms with Crippen molar-refractivity contribution in [1.82, 2.24) is 9.97 Å². The molecule has 23 heavy (non-hydrogen) atoms. The molecule has 116 valence electrons. The van der Waals surface area contributed by atoms with E-state index < -0.39 is 0 Å². The fourth-order valence-corrected chi connectivity index (χ4v) is 2.81. The van der Waals surface area contributed by atoms with Gasteiger partial charge in [-0.3, -0.25) is 0 Å². The number of nitriles is 1. The highest BCUT2D eigenvalue weighted by Gasteiger charge is 2.45. The number of hydrogen-bond acceptors (Lipinski definition) is 7. The first-order valence-corrected chi connectivity index (χ1v) is 7.17. The Kier molecular flexibility index (Phi) is 3.94. The summed E-state index contributed by atoms with van der Waals surface area (Å²) < 4.78 is 10.3. The van der Waals surface area contributed by atoms with Crippen LogP contribution in [0.15, 0.2) is 16.4 Å². The van der Waals surface area contributed by atoms with Crippen molar-refractivity contribution in [2.45, 2.75) is 12.8 Å². The summed E-state index contributed by atoms with van der Waals surface area (Å²) in [5.41, 5.74) is 1.78. The van der Waals surface area contributed by atoms with Crippen LogP contribution in [-0.2, 0) is 0 Å². The summed E-state index contributed by atoms with van der Waals surface area (Å²) in [6.45, 7) is 0. The second-order valence-corrected chi connectivity index (χ2v) is 5.41. The van der Waals surface area contributed by atoms with Gasteiger partial charge >= 0.3 is 6.01 Å². The third-order valence-corrected chi connectivity index (χ3v) is 4.15. The first kappa shape index (κ1) is 15.0. The second-order valence-electron chi connectivity index (χ2n) is 5.41. The zero-order chi connectivity index (χ0) is 16.4. The van der Waals surface area contributed by atoms with Crippen LogP contribution in [0.4, 0.5) is 0 Å². The topological polar surface area (TPSA) is 92.8 Å². The van der Waals surface area contributed by atoms with E-state index in [1.54, 1.807) is 6.20 Å². The van der Waals surface area contributed by atoms with Crippen LogP contribution >= 0.6 is 0 Å². The monoisotopic (exact) mass is 309 g/mol. The van der Waals surface area contributed by atoms with Crippen LogP contribution in [0.1, 0.15) is 18.4 Å². The molecule has 0 amide bonds. The van der Waals surface area contributed by atoms with Crippen molar-refractivity contribution in [3.05, 3.63) is 11.8 Å². The van der Waals surface area contributed by atoms with Crippen LogP contribution < -0.4 is 9.47 Å². The van der Waals surface area contributed by atoms with Gasteiger partial charge in [-0.25, -0.2) is 4.98 Å². The zero-order valence-electron chi connectivity index (χ0n) is 12.9. The average Bonchev–Trinajstić information content (AvgIpc) is 3.40. The van der Waals surface area contributed by atoms with E-state index in [1.165, 1.54) is 14.2 Å². The smallest absolute Gasteiger partial charge is 0.319 e. The Bertz CT molecular complexity index is 772. The maximum atomic E-state index is 9.26. The molecule has 0 radical (unpaired) electrons. The Morgan fingerprint density at radius 2 is 2.13 bits per heavy atom. The van der Waals surface area contributed by atoms with Crippen LogP contribution in [0.3, 0.4) is 0 Å². The predicted octanol–water partition coefficient (Wildman–Crippen LogP) is 1.45. The molecule has 1 fully saturated rings. The third kappa shape index (κ3) is 2.74. The number of hydrogen-bond donors (Lipinski definition) is 0. The minimum Gasteiger partial charge on any atom is -0.480 e. The average molecular weight is 309 g/mol. The molecule has 1 aliphatic heterocycles. The summed E-state index contributed by atoms with van der Waals surface area (Å²) in [6, 6.07) is 2.35. The Morgan fingerprint density at radius 3 is 2.74 bits per heavy atom. The molecule has 1 aromatic heterocycles. The van der Waals surface area contributed by atoms with E-state index >= 15 is 0 Å². The van der Waals surface area contributed by atoms with E-state index in [4.69, 9.17) is 15.9 Å². The maximum absolute atomic E-state index is 9.26. The van der Waals surface area contributed by atoms with Crippen LogP contribution in [0.2, 0.25) is 0 Å². The number of rotatable bonds is 4. The number of ether oxygens (including phenoxy) is 2. The van der Waals surface area contributed by atoms with E-state index in [2.05, 4.69) is 32.2 Å². The van der Waals surface area contributed by atoms with Crippen molar-refractivity contribution in [3.8, 4) is 30.3 Å². The molecule has 0 spiro atoms. The Morgan fingerprint density at radius 1 is 1.30 bits per heavy atom. The number of methoxy groups -OCH3 is 2. The normalized spacial score (nSPS) is 25.5. The summed E-state index contributed by atoms with van der Waals surface area (Å²) >= 11 is 0. The molecular formula is C16H15N5O2. The summed E-state index contributed by atoms with van der Waals surface area (Å²) in [6.07, 6.45) is 8.57. The molecule has 7 nitrogen and oxygen atoms in total. The van der Waals surface area contributed by atoms with Gasteiger partial charge in [-0.05, 0) is 12.3 Å². The van der Waals surface area contributed by atoms with Crippen LogP contribution in [0.5, 0.6) is 11.9 Å². The molecule has 7 heteroatoms. The van der Waals surface area contributed by atoms with E-state index in [1.807, 2.05) is 0 Å². The van der Waals surface area contributed by atoms with Gasteiger partial charge < -0.3 is 9.47 Å². The Balaban J connectivity index is 1.92. The van der Waals surface area contributed by atoms with Crippen molar-refractivity contribution in [2.75, 3.05) is 14.2 Å². The first-order chi connectivity index (χ1) is 11.2. The lowest BCUT2D eigenvalue weighted by Crippen LogP contribution is -2.24. The van der Waals surface area contributed by atoms with E-state index in [0.717, 1.165) is 6.42 Å². The minimum atomic E-state index is -0.0136. The van der Waals surface area contributed by atoms with Gasteiger partial charge in [0.1, 0.15) is 11.8 Å². The molecule has 0 N–H and O–H groups in total. The van der Waals surface area contributed by atoms with E-state index in [0.29, 0.717) is 29.3 Å². The zero-order valence-corrected chi connectivity index (χ0v) is 12.9. The fourth-order valence-electron chi connectivity index (χ4n) is 2.81. The van der Waals surface area contributed by atoms with Crippen LogP contribution in [0, 0.1) is 41.4 Å². The molecule has 2 aliphatic rings. The largest absolute Gasteiger partial charge is 0.480 e. The molecule has 2 heterocycles. The van der Waals surface area contributed by atoms with Crippen molar-refractivity contribution in [3.63, 3.8) is 0 Å². The molecule has 0 aromatic carbocycles. The lowest BCUT2D eigenvalue weighted by Gasteiger charge is -2.19. The summed E-state index contributed by atoms with van der Waals surface area (Å²) in [7, 11) is 3.00. The molecule has 3 rings (SSSR count). The molecule has 1 unspecified atom stereocenters. The quantitative estimate of drug-likeness (QED) is 0.785. The number of aromatic nitrogens is 2. The van der Waals surface area contributed by atoms with Crippen LogP contribution in [0.25, 0.3) is 0 Å². The van der Waals surface area contributed by atoms with Gasteiger partial charge in [-0.15, -0.1) is 17.4 Å². The van der Waals surface area contributed by atoms with Crippen molar-refractivity contribution in [1.29, 1.82) is 5.26 Å². The second kappa shape index (κ2) is 6.05. The highest BCUT2D eigenvalue weighted by molar-refractivity contribution is 6.10. The van der Waals surface area contributed by atoms with Crippen LogP contribution in [-0.4, -0.2) is 35.6 Å². The lowest BCUT2D eigenvalue weighted by molar-refractivity contribution is 0.351. The Hall–Kier alpha value is -2.93. The van der Waals surface area contributed by atoms with Gasteiger partial charge in [0, 0.05) is 24.5 Å². The van der Waals surface area contributed by atoms with Gasteiger partial charge in [0.05, 0.1) is 25.5 Å².